The van der Waals surface area contributed by atoms with Crippen molar-refractivity contribution in [2.45, 2.75) is 32.9 Å². The van der Waals surface area contributed by atoms with Gasteiger partial charge in [-0.2, -0.15) is 0 Å². The molecule has 1 atom stereocenters. The van der Waals surface area contributed by atoms with Crippen molar-refractivity contribution in [3.8, 4) is 0 Å². The van der Waals surface area contributed by atoms with Crippen LogP contribution in [0.1, 0.15) is 30.8 Å². The van der Waals surface area contributed by atoms with Crippen LogP contribution in [0.25, 0.3) is 0 Å². The molecule has 0 aliphatic rings. The van der Waals surface area contributed by atoms with Crippen LogP contribution < -0.4 is 11.1 Å². The summed E-state index contributed by atoms with van der Waals surface area (Å²) in [5.74, 6) is -0.0727. The highest BCUT2D eigenvalue weighted by atomic mass is 79.9. The molecule has 0 radical (unpaired) electrons. The first-order chi connectivity index (χ1) is 7.54. The van der Waals surface area contributed by atoms with E-state index in [9.17, 15) is 4.79 Å². The summed E-state index contributed by atoms with van der Waals surface area (Å²) in [5, 5.41) is 2.80. The second kappa shape index (κ2) is 6.06. The van der Waals surface area contributed by atoms with E-state index in [0.29, 0.717) is 12.2 Å². The van der Waals surface area contributed by atoms with E-state index < -0.39 is 0 Å². The summed E-state index contributed by atoms with van der Waals surface area (Å²) >= 11 is 3.38. The fraction of sp³-hybridized carbons (Fsp3) is 0.545. The molecule has 3 N–H and O–H groups in total. The smallest absolute Gasteiger partial charge is 0.267 e. The maximum Gasteiger partial charge on any atom is 0.267 e. The van der Waals surface area contributed by atoms with Crippen LogP contribution in [0.2, 0.25) is 0 Å². The first-order valence-corrected chi connectivity index (χ1v) is 6.23. The summed E-state index contributed by atoms with van der Waals surface area (Å²) in [6, 6.07) is 1.80. The lowest BCUT2D eigenvalue weighted by atomic mass is 10.3. The van der Waals surface area contributed by atoms with Crippen LogP contribution in [0.3, 0.4) is 0 Å². The van der Waals surface area contributed by atoms with Crippen LogP contribution in [0, 0.1) is 0 Å². The number of nitrogens with two attached hydrogens (primary N) is 1. The summed E-state index contributed by atoms with van der Waals surface area (Å²) in [6.07, 6.45) is 2.92. The molecule has 5 heteroatoms. The number of nitrogens with one attached hydrogen (secondary N) is 1. The van der Waals surface area contributed by atoms with Crippen LogP contribution >= 0.6 is 15.9 Å². The van der Waals surface area contributed by atoms with Gasteiger partial charge < -0.3 is 15.6 Å². The monoisotopic (exact) mass is 287 g/mol. The molecule has 1 unspecified atom stereocenters. The third kappa shape index (κ3) is 3.64. The lowest BCUT2D eigenvalue weighted by molar-refractivity contribution is 0.0942. The molecule has 4 nitrogen and oxygen atoms in total. The summed E-state index contributed by atoms with van der Waals surface area (Å²) in [6.45, 7) is 5.28. The molecule has 0 fully saturated rings. The Morgan fingerprint density at radius 3 is 2.94 bits per heavy atom. The van der Waals surface area contributed by atoms with Gasteiger partial charge in [-0.25, -0.2) is 0 Å². The minimum Gasteiger partial charge on any atom is -0.349 e. The van der Waals surface area contributed by atoms with Gasteiger partial charge >= 0.3 is 0 Å². The molecule has 0 saturated heterocycles. The topological polar surface area (TPSA) is 60.0 Å². The normalized spacial score (nSPS) is 12.5. The van der Waals surface area contributed by atoms with Crippen molar-refractivity contribution >= 4 is 21.8 Å². The van der Waals surface area contributed by atoms with Crippen LogP contribution in [0.15, 0.2) is 16.7 Å². The Hall–Kier alpha value is -0.810. The minimum atomic E-state index is -0.0727. The van der Waals surface area contributed by atoms with Crippen molar-refractivity contribution in [1.82, 2.24) is 9.88 Å². The molecular weight excluding hydrogens is 270 g/mol. The molecule has 16 heavy (non-hydrogen) atoms. The number of halogens is 1. The van der Waals surface area contributed by atoms with Gasteiger partial charge in [0.1, 0.15) is 5.69 Å². The first-order valence-electron chi connectivity index (χ1n) is 5.44. The standard InChI is InChI=1S/C11H18BrN3O/c1-3-4-15-7-9(12)5-10(15)11(16)14-6-8(2)13/h5,7-8H,3-4,6,13H2,1-2H3,(H,14,16). The van der Waals surface area contributed by atoms with Crippen molar-refractivity contribution in [1.29, 1.82) is 0 Å². The quantitative estimate of drug-likeness (QED) is 0.867. The number of hydrogen-bond acceptors (Lipinski definition) is 2. The molecule has 0 aliphatic heterocycles. The number of aryl methyl sites for hydroxylation is 1. The second-order valence-corrected chi connectivity index (χ2v) is 4.84. The predicted octanol–water partition coefficient (Wildman–Crippen LogP) is 1.74. The second-order valence-electron chi connectivity index (χ2n) is 3.92. The number of amides is 1. The molecular formula is C11H18BrN3O. The SMILES string of the molecule is CCCn1cc(Br)cc1C(=O)NCC(C)N. The Balaban J connectivity index is 2.73. The van der Waals surface area contributed by atoms with Gasteiger partial charge in [0, 0.05) is 29.8 Å². The largest absolute Gasteiger partial charge is 0.349 e. The number of hydrogen-bond donors (Lipinski definition) is 2. The van der Waals surface area contributed by atoms with E-state index in [1.54, 1.807) is 0 Å². The van der Waals surface area contributed by atoms with E-state index in [4.69, 9.17) is 5.73 Å². The van der Waals surface area contributed by atoms with Crippen molar-refractivity contribution < 1.29 is 4.79 Å². The molecule has 0 aromatic carbocycles. The van der Waals surface area contributed by atoms with Gasteiger partial charge in [0.2, 0.25) is 0 Å². The van der Waals surface area contributed by atoms with Crippen molar-refractivity contribution in [3.05, 3.63) is 22.4 Å². The summed E-state index contributed by atoms with van der Waals surface area (Å²) in [4.78, 5) is 11.8. The molecule has 1 rings (SSSR count). The predicted molar refractivity (Wildman–Crippen MR) is 68.4 cm³/mol. The number of carbonyl (C=O) groups is 1. The average Bonchev–Trinajstić information content (AvgIpc) is 2.56. The van der Waals surface area contributed by atoms with E-state index in [1.807, 2.05) is 23.8 Å². The van der Waals surface area contributed by atoms with Gasteiger partial charge in [0.15, 0.2) is 0 Å². The van der Waals surface area contributed by atoms with Crippen molar-refractivity contribution in [2.24, 2.45) is 5.73 Å². The average molecular weight is 288 g/mol. The number of carbonyl (C=O) groups excluding carboxylic acids is 1. The van der Waals surface area contributed by atoms with Crippen LogP contribution in [-0.2, 0) is 6.54 Å². The third-order valence-corrected chi connectivity index (χ3v) is 2.58. The highest BCUT2D eigenvalue weighted by Crippen LogP contribution is 2.15. The van der Waals surface area contributed by atoms with Gasteiger partial charge in [0.25, 0.3) is 5.91 Å². The maximum atomic E-state index is 11.8. The summed E-state index contributed by atoms with van der Waals surface area (Å²) in [5.41, 5.74) is 6.27. The molecule has 0 spiro atoms. The summed E-state index contributed by atoms with van der Waals surface area (Å²) < 4.78 is 2.87. The zero-order valence-corrected chi connectivity index (χ0v) is 11.3. The van der Waals surface area contributed by atoms with Gasteiger partial charge in [-0.1, -0.05) is 6.92 Å². The Bertz CT molecular complexity index is 360. The zero-order valence-electron chi connectivity index (χ0n) is 9.66. The molecule has 0 aliphatic carbocycles. The Labute approximate surface area is 104 Å². The van der Waals surface area contributed by atoms with E-state index in [-0.39, 0.29) is 11.9 Å². The molecule has 1 aromatic rings. The molecule has 0 bridgehead atoms. The highest BCUT2D eigenvalue weighted by Gasteiger charge is 2.12. The summed E-state index contributed by atoms with van der Waals surface area (Å²) in [7, 11) is 0. The van der Waals surface area contributed by atoms with Crippen LogP contribution in [-0.4, -0.2) is 23.1 Å². The molecule has 1 aromatic heterocycles. The van der Waals surface area contributed by atoms with Crippen molar-refractivity contribution in [3.63, 3.8) is 0 Å². The molecule has 90 valence electrons. The highest BCUT2D eigenvalue weighted by molar-refractivity contribution is 9.10. The molecule has 0 saturated carbocycles. The van der Waals surface area contributed by atoms with E-state index >= 15 is 0 Å². The van der Waals surface area contributed by atoms with E-state index in [0.717, 1.165) is 17.4 Å². The van der Waals surface area contributed by atoms with Crippen molar-refractivity contribution in [2.75, 3.05) is 6.54 Å². The lowest BCUT2D eigenvalue weighted by Crippen LogP contribution is -2.36. The Morgan fingerprint density at radius 2 is 2.38 bits per heavy atom. The fourth-order valence-corrected chi connectivity index (χ4v) is 1.90. The van der Waals surface area contributed by atoms with Crippen LogP contribution in [0.4, 0.5) is 0 Å². The molecule has 1 heterocycles. The van der Waals surface area contributed by atoms with Gasteiger partial charge in [-0.3, -0.25) is 4.79 Å². The number of rotatable bonds is 5. The number of aromatic nitrogens is 1. The zero-order chi connectivity index (χ0) is 12.1. The van der Waals surface area contributed by atoms with E-state index in [2.05, 4.69) is 28.2 Å². The third-order valence-electron chi connectivity index (χ3n) is 2.14. The lowest BCUT2D eigenvalue weighted by Gasteiger charge is -2.10. The molecule has 1 amide bonds. The van der Waals surface area contributed by atoms with Gasteiger partial charge in [-0.05, 0) is 35.3 Å². The van der Waals surface area contributed by atoms with E-state index in [1.165, 1.54) is 0 Å². The Morgan fingerprint density at radius 1 is 1.69 bits per heavy atom. The van der Waals surface area contributed by atoms with Gasteiger partial charge in [-0.15, -0.1) is 0 Å². The minimum absolute atomic E-state index is 0.0259. The Kier molecular flexibility index (Phi) is 5.02. The number of nitrogens with zero attached hydrogens (tertiary/aromatic N) is 1. The van der Waals surface area contributed by atoms with Gasteiger partial charge in [0.05, 0.1) is 0 Å². The maximum absolute atomic E-state index is 11.8. The first kappa shape index (κ1) is 13.3. The van der Waals surface area contributed by atoms with Crippen LogP contribution in [0.5, 0.6) is 0 Å². The fourth-order valence-electron chi connectivity index (χ4n) is 1.44.